The molecule has 1 N–H and O–H groups in total. The van der Waals surface area contributed by atoms with Gasteiger partial charge in [0, 0.05) is 36.9 Å². The fourth-order valence-corrected chi connectivity index (χ4v) is 2.92. The van der Waals surface area contributed by atoms with Crippen LogP contribution in [-0.2, 0) is 13.1 Å². The predicted octanol–water partition coefficient (Wildman–Crippen LogP) is 4.54. The van der Waals surface area contributed by atoms with E-state index in [1.807, 2.05) is 12.1 Å². The Morgan fingerprint density at radius 3 is 2.75 bits per heavy atom. The van der Waals surface area contributed by atoms with E-state index in [9.17, 15) is 0 Å². The molecule has 0 bridgehead atoms. The maximum atomic E-state index is 6.16. The number of nitrogens with one attached hydrogen (secondary N) is 1. The SMILES string of the molecule is CC(C)NCc1ccc(Cl)cc1N(C)Cc1ccsc1. The van der Waals surface area contributed by atoms with Crippen LogP contribution in [0.5, 0.6) is 0 Å². The van der Waals surface area contributed by atoms with Crippen molar-refractivity contribution < 1.29 is 0 Å². The standard InChI is InChI=1S/C16H21ClN2S/c1-12(2)18-9-14-4-5-15(17)8-16(14)19(3)10-13-6-7-20-11-13/h4-8,11-12,18H,9-10H2,1-3H3. The van der Waals surface area contributed by atoms with Crippen molar-refractivity contribution in [2.45, 2.75) is 33.0 Å². The highest BCUT2D eigenvalue weighted by atomic mass is 35.5. The number of hydrogen-bond acceptors (Lipinski definition) is 3. The summed E-state index contributed by atoms with van der Waals surface area (Å²) in [4.78, 5) is 2.26. The zero-order chi connectivity index (χ0) is 14.5. The Labute approximate surface area is 130 Å². The van der Waals surface area contributed by atoms with Gasteiger partial charge in [-0.05, 0) is 40.1 Å². The molecule has 2 aromatic rings. The van der Waals surface area contributed by atoms with Crippen LogP contribution in [0.15, 0.2) is 35.0 Å². The lowest BCUT2D eigenvalue weighted by Crippen LogP contribution is -2.24. The van der Waals surface area contributed by atoms with Gasteiger partial charge in [0.25, 0.3) is 0 Å². The van der Waals surface area contributed by atoms with Crippen molar-refractivity contribution >= 4 is 28.6 Å². The largest absolute Gasteiger partial charge is 0.370 e. The number of benzene rings is 1. The molecule has 0 radical (unpaired) electrons. The van der Waals surface area contributed by atoms with Crippen LogP contribution in [0.1, 0.15) is 25.0 Å². The van der Waals surface area contributed by atoms with Crippen LogP contribution in [0.2, 0.25) is 5.02 Å². The Balaban J connectivity index is 2.17. The zero-order valence-electron chi connectivity index (χ0n) is 12.2. The van der Waals surface area contributed by atoms with Crippen LogP contribution in [-0.4, -0.2) is 13.1 Å². The van der Waals surface area contributed by atoms with Gasteiger partial charge in [-0.3, -0.25) is 0 Å². The Kier molecular flexibility index (Phi) is 5.46. The van der Waals surface area contributed by atoms with Crippen LogP contribution in [0.3, 0.4) is 0 Å². The van der Waals surface area contributed by atoms with Crippen LogP contribution >= 0.6 is 22.9 Å². The molecule has 0 saturated carbocycles. The smallest absolute Gasteiger partial charge is 0.0434 e. The second-order valence-corrected chi connectivity index (χ2v) is 6.51. The lowest BCUT2D eigenvalue weighted by molar-refractivity contribution is 0.588. The van der Waals surface area contributed by atoms with E-state index in [-0.39, 0.29) is 0 Å². The molecule has 0 aliphatic heterocycles. The average molecular weight is 309 g/mol. The maximum absolute atomic E-state index is 6.16. The third-order valence-electron chi connectivity index (χ3n) is 3.16. The number of nitrogens with zero attached hydrogens (tertiary/aromatic N) is 1. The summed E-state index contributed by atoms with van der Waals surface area (Å²) in [6.45, 7) is 6.08. The lowest BCUT2D eigenvalue weighted by Gasteiger charge is -2.23. The van der Waals surface area contributed by atoms with Gasteiger partial charge in [-0.1, -0.05) is 31.5 Å². The van der Waals surface area contributed by atoms with Crippen LogP contribution < -0.4 is 10.2 Å². The number of halogens is 1. The third-order valence-corrected chi connectivity index (χ3v) is 4.13. The van der Waals surface area contributed by atoms with Gasteiger partial charge >= 0.3 is 0 Å². The Morgan fingerprint density at radius 2 is 2.10 bits per heavy atom. The molecule has 1 heterocycles. The molecule has 0 aliphatic rings. The zero-order valence-corrected chi connectivity index (χ0v) is 13.8. The normalized spacial score (nSPS) is 11.1. The van der Waals surface area contributed by atoms with E-state index in [2.05, 4.69) is 54.0 Å². The van der Waals surface area contributed by atoms with Gasteiger partial charge in [-0.2, -0.15) is 11.3 Å². The summed E-state index contributed by atoms with van der Waals surface area (Å²) >= 11 is 7.89. The van der Waals surface area contributed by atoms with Crippen LogP contribution in [0.4, 0.5) is 5.69 Å². The minimum atomic E-state index is 0.473. The molecular weight excluding hydrogens is 288 g/mol. The molecule has 20 heavy (non-hydrogen) atoms. The summed E-state index contributed by atoms with van der Waals surface area (Å²) in [6.07, 6.45) is 0. The molecule has 2 rings (SSSR count). The second kappa shape index (κ2) is 7.11. The van der Waals surface area contributed by atoms with Crippen LogP contribution in [0, 0.1) is 0 Å². The molecule has 0 saturated heterocycles. The van der Waals surface area contributed by atoms with E-state index >= 15 is 0 Å². The molecule has 2 nitrogen and oxygen atoms in total. The van der Waals surface area contributed by atoms with E-state index in [0.717, 1.165) is 18.1 Å². The molecule has 1 aromatic heterocycles. The molecule has 108 valence electrons. The van der Waals surface area contributed by atoms with Crippen molar-refractivity contribution in [3.63, 3.8) is 0 Å². The summed E-state index contributed by atoms with van der Waals surface area (Å²) in [5.74, 6) is 0. The van der Waals surface area contributed by atoms with Gasteiger partial charge in [0.2, 0.25) is 0 Å². The number of hydrogen-bond donors (Lipinski definition) is 1. The first-order valence-electron chi connectivity index (χ1n) is 6.80. The molecule has 1 aromatic carbocycles. The third kappa shape index (κ3) is 4.23. The van der Waals surface area contributed by atoms with Gasteiger partial charge in [0.05, 0.1) is 0 Å². The number of rotatable bonds is 6. The Hall–Kier alpha value is -1.03. The quantitative estimate of drug-likeness (QED) is 0.843. The predicted molar refractivity (Wildman–Crippen MR) is 89.9 cm³/mol. The van der Waals surface area contributed by atoms with Crippen molar-refractivity contribution in [3.8, 4) is 0 Å². The highest BCUT2D eigenvalue weighted by Gasteiger charge is 2.09. The average Bonchev–Trinajstić information content (AvgIpc) is 2.89. The van der Waals surface area contributed by atoms with E-state index in [1.54, 1.807) is 11.3 Å². The number of anilines is 1. The van der Waals surface area contributed by atoms with Gasteiger partial charge in [-0.25, -0.2) is 0 Å². The van der Waals surface area contributed by atoms with Gasteiger partial charge in [0.15, 0.2) is 0 Å². The fraction of sp³-hybridized carbons (Fsp3) is 0.375. The van der Waals surface area contributed by atoms with E-state index in [4.69, 9.17) is 11.6 Å². The van der Waals surface area contributed by atoms with Crippen molar-refractivity contribution in [1.29, 1.82) is 0 Å². The summed E-state index contributed by atoms with van der Waals surface area (Å²) in [5, 5.41) is 8.55. The minimum absolute atomic E-state index is 0.473. The summed E-state index contributed by atoms with van der Waals surface area (Å²) in [7, 11) is 2.11. The molecule has 0 atom stereocenters. The lowest BCUT2D eigenvalue weighted by atomic mass is 10.1. The van der Waals surface area contributed by atoms with Crippen molar-refractivity contribution in [3.05, 3.63) is 51.2 Å². The topological polar surface area (TPSA) is 15.3 Å². The molecule has 0 spiro atoms. The van der Waals surface area contributed by atoms with E-state index in [0.29, 0.717) is 6.04 Å². The molecular formula is C16H21ClN2S. The van der Waals surface area contributed by atoms with E-state index < -0.39 is 0 Å². The van der Waals surface area contributed by atoms with E-state index in [1.165, 1.54) is 16.8 Å². The van der Waals surface area contributed by atoms with Gasteiger partial charge < -0.3 is 10.2 Å². The molecule has 0 amide bonds. The van der Waals surface area contributed by atoms with Gasteiger partial charge in [0.1, 0.15) is 0 Å². The first-order valence-corrected chi connectivity index (χ1v) is 8.12. The summed E-state index contributed by atoms with van der Waals surface area (Å²) in [6, 6.07) is 8.75. The molecule has 0 unspecified atom stereocenters. The molecule has 0 aliphatic carbocycles. The summed E-state index contributed by atoms with van der Waals surface area (Å²) < 4.78 is 0. The number of thiophene rings is 1. The Bertz CT molecular complexity index is 537. The first kappa shape index (κ1) is 15.4. The minimum Gasteiger partial charge on any atom is -0.370 e. The van der Waals surface area contributed by atoms with Crippen molar-refractivity contribution in [2.24, 2.45) is 0 Å². The van der Waals surface area contributed by atoms with Crippen molar-refractivity contribution in [2.75, 3.05) is 11.9 Å². The maximum Gasteiger partial charge on any atom is 0.0434 e. The highest BCUT2D eigenvalue weighted by Crippen LogP contribution is 2.26. The second-order valence-electron chi connectivity index (χ2n) is 5.30. The highest BCUT2D eigenvalue weighted by molar-refractivity contribution is 7.07. The Morgan fingerprint density at radius 1 is 1.30 bits per heavy atom. The fourth-order valence-electron chi connectivity index (χ4n) is 2.10. The first-order chi connectivity index (χ1) is 9.56. The van der Waals surface area contributed by atoms with Crippen molar-refractivity contribution in [1.82, 2.24) is 5.32 Å². The van der Waals surface area contributed by atoms with Crippen LogP contribution in [0.25, 0.3) is 0 Å². The summed E-state index contributed by atoms with van der Waals surface area (Å²) in [5.41, 5.74) is 3.80. The monoisotopic (exact) mass is 308 g/mol. The van der Waals surface area contributed by atoms with Gasteiger partial charge in [-0.15, -0.1) is 0 Å². The molecule has 0 fully saturated rings. The molecule has 4 heteroatoms.